The van der Waals surface area contributed by atoms with E-state index in [1.54, 1.807) is 12.1 Å². The van der Waals surface area contributed by atoms with Gasteiger partial charge in [0.15, 0.2) is 0 Å². The summed E-state index contributed by atoms with van der Waals surface area (Å²) in [5.74, 6) is 0. The van der Waals surface area contributed by atoms with Gasteiger partial charge in [-0.15, -0.1) is 24.0 Å². The molecule has 2 aromatic rings. The second kappa shape index (κ2) is 3.42. The van der Waals surface area contributed by atoms with Crippen molar-refractivity contribution in [3.05, 3.63) is 33.3 Å². The predicted molar refractivity (Wildman–Crippen MR) is 60.7 cm³/mol. The highest BCUT2D eigenvalue weighted by Gasteiger charge is 2.18. The van der Waals surface area contributed by atoms with E-state index in [1.807, 2.05) is 0 Å². The van der Waals surface area contributed by atoms with Gasteiger partial charge in [0.25, 0.3) is 5.69 Å². The molecule has 0 N–H and O–H groups in total. The molecule has 3 nitrogen and oxygen atoms in total. The van der Waals surface area contributed by atoms with Gasteiger partial charge in [-0.25, -0.2) is 0 Å². The van der Waals surface area contributed by atoms with Crippen molar-refractivity contribution in [2.24, 2.45) is 0 Å². The largest absolute Gasteiger partial charge is 0.296 e. The van der Waals surface area contributed by atoms with Crippen molar-refractivity contribution in [2.75, 3.05) is 0 Å². The SMILES string of the molecule is O=[N+]([O-])c1c(Cl)ccc2sc(S)cc12. The second-order valence-corrected chi connectivity index (χ2v) is 4.92. The van der Waals surface area contributed by atoms with Gasteiger partial charge in [-0.1, -0.05) is 11.6 Å². The van der Waals surface area contributed by atoms with E-state index in [4.69, 9.17) is 11.6 Å². The summed E-state index contributed by atoms with van der Waals surface area (Å²) in [6.07, 6.45) is 0. The molecule has 0 aliphatic carbocycles. The van der Waals surface area contributed by atoms with Gasteiger partial charge in [0.1, 0.15) is 5.02 Å². The maximum atomic E-state index is 10.7. The monoisotopic (exact) mass is 245 g/mol. The van der Waals surface area contributed by atoms with Crippen LogP contribution in [0, 0.1) is 10.1 Å². The number of halogens is 1. The minimum atomic E-state index is -0.468. The lowest BCUT2D eigenvalue weighted by Crippen LogP contribution is -1.88. The van der Waals surface area contributed by atoms with Crippen molar-refractivity contribution >= 4 is 51.3 Å². The number of fused-ring (bicyclic) bond motifs is 1. The second-order valence-electron chi connectivity index (χ2n) is 2.65. The number of thiol groups is 1. The Bertz CT molecular complexity index is 523. The molecule has 0 unspecified atom stereocenters. The van der Waals surface area contributed by atoms with Crippen LogP contribution in [0.5, 0.6) is 0 Å². The van der Waals surface area contributed by atoms with Crippen molar-refractivity contribution in [2.45, 2.75) is 4.21 Å². The Balaban J connectivity index is 2.88. The molecular weight excluding hydrogens is 242 g/mol. The first kappa shape index (κ1) is 9.76. The molecule has 1 heterocycles. The lowest BCUT2D eigenvalue weighted by molar-refractivity contribution is -0.382. The molecule has 72 valence electrons. The van der Waals surface area contributed by atoms with Crippen LogP contribution in [-0.4, -0.2) is 4.92 Å². The number of nitro groups is 1. The highest BCUT2D eigenvalue weighted by molar-refractivity contribution is 7.83. The average Bonchev–Trinajstić information content (AvgIpc) is 2.43. The molecule has 0 amide bonds. The van der Waals surface area contributed by atoms with Crippen molar-refractivity contribution in [1.29, 1.82) is 0 Å². The molecule has 0 aliphatic rings. The summed E-state index contributed by atoms with van der Waals surface area (Å²) in [6.45, 7) is 0. The first-order valence-electron chi connectivity index (χ1n) is 3.65. The van der Waals surface area contributed by atoms with E-state index < -0.39 is 4.92 Å². The Morgan fingerprint density at radius 2 is 2.21 bits per heavy atom. The molecule has 1 aromatic heterocycles. The van der Waals surface area contributed by atoms with Crippen LogP contribution in [0.3, 0.4) is 0 Å². The number of rotatable bonds is 1. The Hall–Kier alpha value is -0.780. The molecule has 0 spiro atoms. The third-order valence-electron chi connectivity index (χ3n) is 1.79. The minimum absolute atomic E-state index is 0.0410. The number of nitro benzene ring substituents is 1. The van der Waals surface area contributed by atoms with Crippen LogP contribution < -0.4 is 0 Å². The summed E-state index contributed by atoms with van der Waals surface area (Å²) in [5.41, 5.74) is -0.0410. The predicted octanol–water partition coefficient (Wildman–Crippen LogP) is 3.75. The number of hydrogen-bond donors (Lipinski definition) is 1. The van der Waals surface area contributed by atoms with Gasteiger partial charge < -0.3 is 0 Å². The smallest absolute Gasteiger partial charge is 0.258 e. The summed E-state index contributed by atoms with van der Waals surface area (Å²) in [6, 6.07) is 4.95. The van der Waals surface area contributed by atoms with Crippen LogP contribution in [-0.2, 0) is 0 Å². The molecule has 0 aliphatic heterocycles. The summed E-state index contributed by atoms with van der Waals surface area (Å²) in [4.78, 5) is 10.3. The van der Waals surface area contributed by atoms with Crippen LogP contribution in [0.2, 0.25) is 5.02 Å². The molecule has 0 radical (unpaired) electrons. The lowest BCUT2D eigenvalue weighted by atomic mass is 10.2. The molecule has 0 saturated heterocycles. The Morgan fingerprint density at radius 3 is 2.86 bits per heavy atom. The zero-order valence-electron chi connectivity index (χ0n) is 6.73. The molecule has 0 atom stereocenters. The number of thiophene rings is 1. The third kappa shape index (κ3) is 1.47. The normalized spacial score (nSPS) is 10.7. The number of nitrogens with zero attached hydrogens (tertiary/aromatic N) is 1. The number of hydrogen-bond acceptors (Lipinski definition) is 4. The topological polar surface area (TPSA) is 43.1 Å². The third-order valence-corrected chi connectivity index (χ3v) is 3.40. The van der Waals surface area contributed by atoms with E-state index >= 15 is 0 Å². The molecule has 0 bridgehead atoms. The quantitative estimate of drug-likeness (QED) is 0.472. The van der Waals surface area contributed by atoms with Gasteiger partial charge in [-0.3, -0.25) is 10.1 Å². The zero-order valence-corrected chi connectivity index (χ0v) is 9.20. The maximum Gasteiger partial charge on any atom is 0.296 e. The summed E-state index contributed by atoms with van der Waals surface area (Å²) in [5, 5.41) is 11.5. The standard InChI is InChI=1S/C8H4ClNO2S2/c9-5-1-2-6-4(3-7(13)14-6)8(5)10(11)12/h1-3,13H. The van der Waals surface area contributed by atoms with Gasteiger partial charge in [0.05, 0.1) is 14.5 Å². The van der Waals surface area contributed by atoms with E-state index in [-0.39, 0.29) is 10.7 Å². The van der Waals surface area contributed by atoms with Crippen LogP contribution in [0.25, 0.3) is 10.1 Å². The van der Waals surface area contributed by atoms with Crippen molar-refractivity contribution in [3.63, 3.8) is 0 Å². The Morgan fingerprint density at radius 1 is 1.50 bits per heavy atom. The molecule has 0 saturated carbocycles. The van der Waals surface area contributed by atoms with Gasteiger partial charge >= 0.3 is 0 Å². The highest BCUT2D eigenvalue weighted by Crippen LogP contribution is 2.38. The van der Waals surface area contributed by atoms with Crippen molar-refractivity contribution in [1.82, 2.24) is 0 Å². The molecule has 2 rings (SSSR count). The molecular formula is C8H4ClNO2S2. The van der Waals surface area contributed by atoms with Crippen LogP contribution in [0.15, 0.2) is 22.4 Å². The number of benzene rings is 1. The molecule has 14 heavy (non-hydrogen) atoms. The van der Waals surface area contributed by atoms with Crippen molar-refractivity contribution in [3.8, 4) is 0 Å². The first-order chi connectivity index (χ1) is 6.59. The Labute approximate surface area is 93.9 Å². The fourth-order valence-corrected chi connectivity index (χ4v) is 2.70. The molecule has 6 heteroatoms. The van der Waals surface area contributed by atoms with Crippen LogP contribution in [0.1, 0.15) is 0 Å². The van der Waals surface area contributed by atoms with Crippen LogP contribution >= 0.6 is 35.6 Å². The lowest BCUT2D eigenvalue weighted by Gasteiger charge is -1.95. The maximum absolute atomic E-state index is 10.7. The van der Waals surface area contributed by atoms with Crippen LogP contribution in [0.4, 0.5) is 5.69 Å². The fraction of sp³-hybridized carbons (Fsp3) is 0. The molecule has 1 aromatic carbocycles. The van der Waals surface area contributed by atoms with E-state index in [1.165, 1.54) is 17.4 Å². The average molecular weight is 246 g/mol. The highest BCUT2D eigenvalue weighted by atomic mass is 35.5. The van der Waals surface area contributed by atoms with Gasteiger partial charge in [0, 0.05) is 4.70 Å². The van der Waals surface area contributed by atoms with E-state index in [9.17, 15) is 10.1 Å². The minimum Gasteiger partial charge on any atom is -0.258 e. The van der Waals surface area contributed by atoms with E-state index in [0.29, 0.717) is 5.39 Å². The first-order valence-corrected chi connectivity index (χ1v) is 5.29. The Kier molecular flexibility index (Phi) is 2.38. The fourth-order valence-electron chi connectivity index (χ4n) is 1.24. The summed E-state index contributed by atoms with van der Waals surface area (Å²) < 4.78 is 1.57. The molecule has 0 fully saturated rings. The van der Waals surface area contributed by atoms with Gasteiger partial charge in [-0.05, 0) is 18.2 Å². The summed E-state index contributed by atoms with van der Waals surface area (Å²) >= 11 is 11.3. The zero-order chi connectivity index (χ0) is 10.3. The van der Waals surface area contributed by atoms with E-state index in [2.05, 4.69) is 12.6 Å². The van der Waals surface area contributed by atoms with E-state index in [0.717, 1.165) is 8.91 Å². The van der Waals surface area contributed by atoms with Gasteiger partial charge in [-0.2, -0.15) is 0 Å². The summed E-state index contributed by atoms with van der Waals surface area (Å²) in [7, 11) is 0. The van der Waals surface area contributed by atoms with Crippen molar-refractivity contribution < 1.29 is 4.92 Å². The van der Waals surface area contributed by atoms with Gasteiger partial charge in [0.2, 0.25) is 0 Å².